The maximum atomic E-state index is 5.59. The van der Waals surface area contributed by atoms with Gasteiger partial charge in [0.05, 0.1) is 6.61 Å². The average Bonchev–Trinajstić information content (AvgIpc) is 2.38. The smallest absolute Gasteiger partial charge is 0.223 e. The molecule has 1 aromatic carbocycles. The molecule has 0 bridgehead atoms. The van der Waals surface area contributed by atoms with E-state index in [9.17, 15) is 0 Å². The third-order valence-corrected chi connectivity index (χ3v) is 2.55. The molecular weight excluding hydrogens is 248 g/mol. The first-order chi connectivity index (χ1) is 6.79. The Balaban J connectivity index is 2.27. The summed E-state index contributed by atoms with van der Waals surface area (Å²) in [5.41, 5.74) is 1.04. The quantitative estimate of drug-likeness (QED) is 0.774. The number of ether oxygens (including phenoxy) is 3. The second-order valence-corrected chi connectivity index (χ2v) is 3.97. The molecule has 1 heterocycles. The molecule has 0 aromatic heterocycles. The first kappa shape index (κ1) is 9.96. The second kappa shape index (κ2) is 4.29. The SMILES string of the molecule is COC1COCc2cc(Br)ccc2O1. The highest BCUT2D eigenvalue weighted by Crippen LogP contribution is 2.27. The Bertz CT molecular complexity index is 327. The molecule has 0 radical (unpaired) electrons. The van der Waals surface area contributed by atoms with Crippen LogP contribution in [0.4, 0.5) is 0 Å². The number of hydrogen-bond donors (Lipinski definition) is 0. The Kier molecular flexibility index (Phi) is 3.05. The van der Waals surface area contributed by atoms with Crippen molar-refractivity contribution in [2.75, 3.05) is 13.7 Å². The van der Waals surface area contributed by atoms with Gasteiger partial charge in [-0.05, 0) is 18.2 Å². The minimum absolute atomic E-state index is 0.308. The lowest BCUT2D eigenvalue weighted by Gasteiger charge is -2.14. The van der Waals surface area contributed by atoms with E-state index < -0.39 is 0 Å². The number of fused-ring (bicyclic) bond motifs is 1. The summed E-state index contributed by atoms with van der Waals surface area (Å²) in [5.74, 6) is 0.831. The van der Waals surface area contributed by atoms with Crippen LogP contribution in [0.2, 0.25) is 0 Å². The zero-order valence-electron chi connectivity index (χ0n) is 7.83. The van der Waals surface area contributed by atoms with E-state index in [-0.39, 0.29) is 6.29 Å². The van der Waals surface area contributed by atoms with Gasteiger partial charge in [0, 0.05) is 17.1 Å². The van der Waals surface area contributed by atoms with Crippen molar-refractivity contribution in [3.05, 3.63) is 28.2 Å². The Hall–Kier alpha value is -0.580. The molecule has 4 heteroatoms. The van der Waals surface area contributed by atoms with Gasteiger partial charge in [-0.1, -0.05) is 15.9 Å². The monoisotopic (exact) mass is 258 g/mol. The van der Waals surface area contributed by atoms with Gasteiger partial charge in [0.2, 0.25) is 6.29 Å². The van der Waals surface area contributed by atoms with Crippen molar-refractivity contribution in [3.63, 3.8) is 0 Å². The lowest BCUT2D eigenvalue weighted by molar-refractivity contribution is -0.0950. The van der Waals surface area contributed by atoms with E-state index in [4.69, 9.17) is 14.2 Å². The Labute approximate surface area is 91.1 Å². The molecule has 0 aliphatic carbocycles. The molecule has 0 amide bonds. The van der Waals surface area contributed by atoms with Gasteiger partial charge in [-0.3, -0.25) is 0 Å². The molecular formula is C10H11BrO3. The van der Waals surface area contributed by atoms with Gasteiger partial charge in [0.15, 0.2) is 0 Å². The van der Waals surface area contributed by atoms with Crippen LogP contribution in [0.15, 0.2) is 22.7 Å². The van der Waals surface area contributed by atoms with Gasteiger partial charge in [0.1, 0.15) is 12.4 Å². The van der Waals surface area contributed by atoms with Crippen molar-refractivity contribution in [1.29, 1.82) is 0 Å². The van der Waals surface area contributed by atoms with Crippen LogP contribution in [0.25, 0.3) is 0 Å². The average molecular weight is 259 g/mol. The first-order valence-corrected chi connectivity index (χ1v) is 5.14. The molecule has 1 aromatic rings. The standard InChI is InChI=1S/C10H11BrO3/c1-12-10-6-13-5-7-4-8(11)2-3-9(7)14-10/h2-4,10H,5-6H2,1H3. The lowest BCUT2D eigenvalue weighted by Crippen LogP contribution is -2.22. The zero-order valence-corrected chi connectivity index (χ0v) is 9.41. The van der Waals surface area contributed by atoms with Crippen molar-refractivity contribution in [3.8, 4) is 5.75 Å². The summed E-state index contributed by atoms with van der Waals surface area (Å²) in [6, 6.07) is 5.85. The maximum absolute atomic E-state index is 5.59. The van der Waals surface area contributed by atoms with Crippen LogP contribution >= 0.6 is 15.9 Å². The van der Waals surface area contributed by atoms with E-state index >= 15 is 0 Å². The third kappa shape index (κ3) is 2.08. The number of rotatable bonds is 1. The van der Waals surface area contributed by atoms with Gasteiger partial charge in [-0.15, -0.1) is 0 Å². The van der Waals surface area contributed by atoms with Gasteiger partial charge in [-0.2, -0.15) is 0 Å². The van der Waals surface area contributed by atoms with E-state index in [1.54, 1.807) is 7.11 Å². The molecule has 0 saturated carbocycles. The van der Waals surface area contributed by atoms with Crippen LogP contribution < -0.4 is 4.74 Å². The highest BCUT2D eigenvalue weighted by molar-refractivity contribution is 9.10. The molecule has 0 fully saturated rings. The van der Waals surface area contributed by atoms with Crippen molar-refractivity contribution in [2.24, 2.45) is 0 Å². The van der Waals surface area contributed by atoms with Gasteiger partial charge >= 0.3 is 0 Å². The fourth-order valence-corrected chi connectivity index (χ4v) is 1.74. The van der Waals surface area contributed by atoms with E-state index in [0.717, 1.165) is 15.8 Å². The van der Waals surface area contributed by atoms with Gasteiger partial charge in [-0.25, -0.2) is 0 Å². The molecule has 1 aliphatic heterocycles. The zero-order chi connectivity index (χ0) is 9.97. The summed E-state index contributed by atoms with van der Waals surface area (Å²) in [5, 5.41) is 0. The van der Waals surface area contributed by atoms with Gasteiger partial charge in [0.25, 0.3) is 0 Å². The molecule has 14 heavy (non-hydrogen) atoms. The topological polar surface area (TPSA) is 27.7 Å². The summed E-state index contributed by atoms with van der Waals surface area (Å²) >= 11 is 3.41. The molecule has 1 aliphatic rings. The van der Waals surface area contributed by atoms with E-state index in [1.807, 2.05) is 18.2 Å². The van der Waals surface area contributed by atoms with Gasteiger partial charge < -0.3 is 14.2 Å². The Morgan fingerprint density at radius 1 is 1.50 bits per heavy atom. The van der Waals surface area contributed by atoms with Crippen molar-refractivity contribution in [1.82, 2.24) is 0 Å². The summed E-state index contributed by atoms with van der Waals surface area (Å²) in [4.78, 5) is 0. The molecule has 1 unspecified atom stereocenters. The molecule has 3 nitrogen and oxygen atoms in total. The number of hydrogen-bond acceptors (Lipinski definition) is 3. The van der Waals surface area contributed by atoms with Crippen LogP contribution in [0.3, 0.4) is 0 Å². The minimum atomic E-state index is -0.308. The molecule has 0 N–H and O–H groups in total. The summed E-state index contributed by atoms with van der Waals surface area (Å²) in [6.45, 7) is 1.03. The Morgan fingerprint density at radius 2 is 2.36 bits per heavy atom. The second-order valence-electron chi connectivity index (χ2n) is 3.05. The van der Waals surface area contributed by atoms with Crippen molar-refractivity contribution < 1.29 is 14.2 Å². The number of halogens is 1. The molecule has 0 saturated heterocycles. The van der Waals surface area contributed by atoms with Crippen molar-refractivity contribution in [2.45, 2.75) is 12.9 Å². The predicted molar refractivity (Wildman–Crippen MR) is 55.2 cm³/mol. The van der Waals surface area contributed by atoms with Crippen molar-refractivity contribution >= 4 is 15.9 Å². The van der Waals surface area contributed by atoms with Crippen LogP contribution in [0.5, 0.6) is 5.75 Å². The largest absolute Gasteiger partial charge is 0.462 e. The first-order valence-electron chi connectivity index (χ1n) is 4.35. The fraction of sp³-hybridized carbons (Fsp3) is 0.400. The maximum Gasteiger partial charge on any atom is 0.223 e. The van der Waals surface area contributed by atoms with Crippen LogP contribution in [0.1, 0.15) is 5.56 Å². The predicted octanol–water partition coefficient (Wildman–Crippen LogP) is 2.33. The fourth-order valence-electron chi connectivity index (χ4n) is 1.33. The lowest BCUT2D eigenvalue weighted by atomic mass is 10.2. The minimum Gasteiger partial charge on any atom is -0.462 e. The molecule has 0 spiro atoms. The molecule has 1 atom stereocenters. The number of benzene rings is 1. The molecule has 76 valence electrons. The van der Waals surface area contributed by atoms with E-state index in [1.165, 1.54) is 0 Å². The summed E-state index contributed by atoms with van der Waals surface area (Å²) < 4.78 is 17.1. The van der Waals surface area contributed by atoms with Crippen LogP contribution in [-0.2, 0) is 16.1 Å². The van der Waals surface area contributed by atoms with E-state index in [0.29, 0.717) is 13.2 Å². The van der Waals surface area contributed by atoms with E-state index in [2.05, 4.69) is 15.9 Å². The van der Waals surface area contributed by atoms with Crippen LogP contribution in [0, 0.1) is 0 Å². The number of methoxy groups -OCH3 is 1. The molecule has 2 rings (SSSR count). The summed E-state index contributed by atoms with van der Waals surface area (Å²) in [6.07, 6.45) is -0.308. The Morgan fingerprint density at radius 3 is 3.14 bits per heavy atom. The third-order valence-electron chi connectivity index (χ3n) is 2.06. The highest BCUT2D eigenvalue weighted by atomic mass is 79.9. The normalized spacial score (nSPS) is 20.9. The summed E-state index contributed by atoms with van der Waals surface area (Å²) in [7, 11) is 1.61. The highest BCUT2D eigenvalue weighted by Gasteiger charge is 2.17. The van der Waals surface area contributed by atoms with Crippen LogP contribution in [-0.4, -0.2) is 20.0 Å².